The zero-order valence-corrected chi connectivity index (χ0v) is 15.5. The number of aromatic amines is 1. The summed E-state index contributed by atoms with van der Waals surface area (Å²) in [4.78, 5) is 25.3. The van der Waals surface area contributed by atoms with Gasteiger partial charge >= 0.3 is 5.97 Å². The molecule has 0 unspecified atom stereocenters. The van der Waals surface area contributed by atoms with Gasteiger partial charge in [-0.3, -0.25) is 4.40 Å². The van der Waals surface area contributed by atoms with Crippen molar-refractivity contribution in [2.24, 2.45) is 0 Å². The number of esters is 1. The van der Waals surface area contributed by atoms with Crippen molar-refractivity contribution in [2.75, 3.05) is 7.11 Å². The first-order chi connectivity index (χ1) is 13.6. The molecule has 28 heavy (non-hydrogen) atoms. The molecular formula is C20H13FN4O2S. The van der Waals surface area contributed by atoms with Gasteiger partial charge in [-0.2, -0.15) is 0 Å². The quantitative estimate of drug-likeness (QED) is 0.458. The van der Waals surface area contributed by atoms with Crippen LogP contribution in [0.3, 0.4) is 0 Å². The fourth-order valence-corrected chi connectivity index (χ4v) is 3.90. The van der Waals surface area contributed by atoms with Gasteiger partial charge in [0.05, 0.1) is 23.7 Å². The largest absolute Gasteiger partial charge is 0.465 e. The molecule has 0 aliphatic rings. The molecule has 0 saturated carbocycles. The van der Waals surface area contributed by atoms with Crippen molar-refractivity contribution < 1.29 is 13.9 Å². The minimum Gasteiger partial charge on any atom is -0.465 e. The molecule has 0 fully saturated rings. The molecule has 0 spiro atoms. The number of carbonyl (C=O) groups excluding carboxylic acids is 1. The Bertz CT molecular complexity index is 1330. The maximum Gasteiger partial charge on any atom is 0.337 e. The number of carbonyl (C=O) groups is 1. The maximum atomic E-state index is 13.4. The van der Waals surface area contributed by atoms with Gasteiger partial charge < -0.3 is 9.72 Å². The molecule has 0 atom stereocenters. The van der Waals surface area contributed by atoms with Crippen LogP contribution in [-0.2, 0) is 4.74 Å². The Morgan fingerprint density at radius 1 is 1.18 bits per heavy atom. The molecule has 138 valence electrons. The topological polar surface area (TPSA) is 72.3 Å². The predicted molar refractivity (Wildman–Crippen MR) is 105 cm³/mol. The molecular weight excluding hydrogens is 379 g/mol. The van der Waals surface area contributed by atoms with Gasteiger partial charge in [-0.25, -0.2) is 19.2 Å². The van der Waals surface area contributed by atoms with Crippen LogP contribution in [0.2, 0.25) is 0 Å². The summed E-state index contributed by atoms with van der Waals surface area (Å²) >= 11 is 1.51. The Labute approximate surface area is 162 Å². The third kappa shape index (κ3) is 2.57. The van der Waals surface area contributed by atoms with Gasteiger partial charge in [0.15, 0.2) is 10.8 Å². The number of hydrogen-bond donors (Lipinski definition) is 1. The lowest BCUT2D eigenvalue weighted by Crippen LogP contribution is -2.00. The number of rotatable bonds is 3. The Morgan fingerprint density at radius 3 is 2.79 bits per heavy atom. The van der Waals surface area contributed by atoms with Gasteiger partial charge in [-0.1, -0.05) is 0 Å². The molecule has 0 aliphatic carbocycles. The minimum atomic E-state index is -0.408. The van der Waals surface area contributed by atoms with Crippen molar-refractivity contribution in [3.63, 3.8) is 0 Å². The lowest BCUT2D eigenvalue weighted by molar-refractivity contribution is 0.0601. The maximum absolute atomic E-state index is 13.4. The smallest absolute Gasteiger partial charge is 0.337 e. The van der Waals surface area contributed by atoms with Gasteiger partial charge in [0.25, 0.3) is 0 Å². The fraction of sp³-hybridized carbons (Fsp3) is 0.0500. The van der Waals surface area contributed by atoms with Gasteiger partial charge in [0, 0.05) is 17.1 Å². The Hall–Kier alpha value is -3.52. The van der Waals surface area contributed by atoms with E-state index in [2.05, 4.69) is 9.97 Å². The van der Waals surface area contributed by atoms with E-state index in [-0.39, 0.29) is 5.82 Å². The van der Waals surface area contributed by atoms with Crippen molar-refractivity contribution in [3.05, 3.63) is 65.4 Å². The molecule has 0 aliphatic heterocycles. The van der Waals surface area contributed by atoms with Crippen LogP contribution in [0, 0.1) is 5.82 Å². The molecule has 6 nitrogen and oxygen atoms in total. The highest BCUT2D eigenvalue weighted by Gasteiger charge is 2.20. The minimum absolute atomic E-state index is 0.301. The summed E-state index contributed by atoms with van der Waals surface area (Å²) in [6.45, 7) is 0. The number of nitrogens with one attached hydrogen (secondary N) is 1. The van der Waals surface area contributed by atoms with Crippen LogP contribution in [0.25, 0.3) is 38.8 Å². The first-order valence-electron chi connectivity index (χ1n) is 8.44. The van der Waals surface area contributed by atoms with E-state index >= 15 is 0 Å². The van der Waals surface area contributed by atoms with Crippen LogP contribution in [0.4, 0.5) is 4.39 Å². The number of nitrogens with zero attached hydrogens (tertiary/aromatic N) is 3. The highest BCUT2D eigenvalue weighted by Crippen LogP contribution is 2.34. The Balaban J connectivity index is 1.72. The van der Waals surface area contributed by atoms with E-state index in [1.165, 1.54) is 30.6 Å². The second kappa shape index (κ2) is 6.28. The summed E-state index contributed by atoms with van der Waals surface area (Å²) in [5.74, 6) is -0.0951. The summed E-state index contributed by atoms with van der Waals surface area (Å²) < 4.78 is 20.1. The number of halogens is 1. The lowest BCUT2D eigenvalue weighted by Gasteiger charge is -2.02. The SMILES string of the molecule is COC(=O)c1ccc2nc(-c3c(-c4ccc(F)cc4)nc4sccn34)[nH]c2c1. The summed E-state index contributed by atoms with van der Waals surface area (Å²) in [5.41, 5.74) is 4.16. The summed E-state index contributed by atoms with van der Waals surface area (Å²) in [6, 6.07) is 11.4. The highest BCUT2D eigenvalue weighted by atomic mass is 32.1. The van der Waals surface area contributed by atoms with Crippen molar-refractivity contribution in [1.82, 2.24) is 19.4 Å². The standard InChI is InChI=1S/C20H13FN4O2S/c1-27-19(26)12-4-7-14-15(10-12)23-18(22-14)17-16(11-2-5-13(21)6-3-11)24-20-25(17)8-9-28-20/h2-10H,1H3,(H,22,23). The molecule has 0 bridgehead atoms. The predicted octanol–water partition coefficient (Wildman–Crippen LogP) is 4.53. The monoisotopic (exact) mass is 392 g/mol. The molecule has 0 amide bonds. The van der Waals surface area contributed by atoms with Crippen LogP contribution >= 0.6 is 11.3 Å². The van der Waals surface area contributed by atoms with Crippen LogP contribution in [0.15, 0.2) is 54.0 Å². The van der Waals surface area contributed by atoms with E-state index in [0.717, 1.165) is 21.7 Å². The molecule has 1 N–H and O–H groups in total. The van der Waals surface area contributed by atoms with Crippen LogP contribution in [-0.4, -0.2) is 32.4 Å². The summed E-state index contributed by atoms with van der Waals surface area (Å²) in [7, 11) is 1.35. The number of benzene rings is 2. The second-order valence-electron chi connectivity index (χ2n) is 6.18. The average molecular weight is 392 g/mol. The number of ether oxygens (including phenoxy) is 1. The van der Waals surface area contributed by atoms with Crippen LogP contribution in [0.1, 0.15) is 10.4 Å². The number of imidazole rings is 2. The molecule has 0 saturated heterocycles. The summed E-state index contributed by atoms with van der Waals surface area (Å²) in [6.07, 6.45) is 1.92. The molecule has 8 heteroatoms. The summed E-state index contributed by atoms with van der Waals surface area (Å²) in [5, 5.41) is 1.94. The van der Waals surface area contributed by atoms with Crippen molar-refractivity contribution in [3.8, 4) is 22.8 Å². The number of methoxy groups -OCH3 is 1. The van der Waals surface area contributed by atoms with Crippen molar-refractivity contribution >= 4 is 33.3 Å². The molecule has 2 aromatic carbocycles. The zero-order valence-electron chi connectivity index (χ0n) is 14.6. The third-order valence-corrected chi connectivity index (χ3v) is 5.26. The van der Waals surface area contributed by atoms with Gasteiger partial charge in [-0.05, 0) is 42.5 Å². The van der Waals surface area contributed by atoms with Gasteiger partial charge in [0.1, 0.15) is 17.2 Å². The number of fused-ring (bicyclic) bond motifs is 2. The van der Waals surface area contributed by atoms with E-state index in [4.69, 9.17) is 9.72 Å². The number of aromatic nitrogens is 4. The van der Waals surface area contributed by atoms with Gasteiger partial charge in [-0.15, -0.1) is 11.3 Å². The molecule has 5 rings (SSSR count). The molecule has 5 aromatic rings. The zero-order chi connectivity index (χ0) is 19.3. The van der Waals surface area contributed by atoms with E-state index in [0.29, 0.717) is 22.6 Å². The average Bonchev–Trinajstić information content (AvgIpc) is 3.40. The number of hydrogen-bond acceptors (Lipinski definition) is 5. The molecule has 3 heterocycles. The fourth-order valence-electron chi connectivity index (χ4n) is 3.19. The Morgan fingerprint density at radius 2 is 2.00 bits per heavy atom. The molecule has 0 radical (unpaired) electrons. The van der Waals surface area contributed by atoms with E-state index < -0.39 is 5.97 Å². The Kier molecular flexibility index (Phi) is 3.73. The highest BCUT2D eigenvalue weighted by molar-refractivity contribution is 7.15. The molecule has 3 aromatic heterocycles. The van der Waals surface area contributed by atoms with Crippen molar-refractivity contribution in [1.29, 1.82) is 0 Å². The lowest BCUT2D eigenvalue weighted by atomic mass is 10.1. The van der Waals surface area contributed by atoms with Crippen molar-refractivity contribution in [2.45, 2.75) is 0 Å². The van der Waals surface area contributed by atoms with E-state index in [9.17, 15) is 9.18 Å². The van der Waals surface area contributed by atoms with Crippen LogP contribution in [0.5, 0.6) is 0 Å². The third-order valence-electron chi connectivity index (χ3n) is 4.51. The van der Waals surface area contributed by atoms with E-state index in [1.807, 2.05) is 16.0 Å². The second-order valence-corrected chi connectivity index (χ2v) is 7.05. The first-order valence-corrected chi connectivity index (χ1v) is 9.32. The number of H-pyrrole nitrogens is 1. The van der Waals surface area contributed by atoms with E-state index in [1.54, 1.807) is 30.3 Å². The number of thiazole rings is 1. The van der Waals surface area contributed by atoms with Crippen LogP contribution < -0.4 is 0 Å². The van der Waals surface area contributed by atoms with Gasteiger partial charge in [0.2, 0.25) is 0 Å². The normalized spacial score (nSPS) is 11.4. The first kappa shape index (κ1) is 16.6.